The number of hydrogen-bond acceptors (Lipinski definition) is 5. The molecule has 1 aliphatic rings. The Morgan fingerprint density at radius 3 is 2.81 bits per heavy atom. The Balaban J connectivity index is 1.90. The highest BCUT2D eigenvalue weighted by molar-refractivity contribution is 5.94. The summed E-state index contributed by atoms with van der Waals surface area (Å²) < 4.78 is 5.08. The molecule has 3 heterocycles. The first-order chi connectivity index (χ1) is 10.3. The normalized spacial score (nSPS) is 19.3. The van der Waals surface area contributed by atoms with Crippen LogP contribution >= 0.6 is 0 Å². The first-order valence-electron chi connectivity index (χ1n) is 7.27. The fraction of sp³-hybridized carbons (Fsp3) is 0.467. The molecule has 6 heteroatoms. The number of likely N-dealkylation sites (tertiary alicyclic amines) is 1. The van der Waals surface area contributed by atoms with Gasteiger partial charge in [0.05, 0.1) is 6.04 Å². The van der Waals surface area contributed by atoms with Crippen molar-refractivity contribution in [2.24, 2.45) is 0 Å². The summed E-state index contributed by atoms with van der Waals surface area (Å²) in [5.41, 5.74) is 0.650. The number of amides is 1. The average molecular weight is 286 g/mol. The van der Waals surface area contributed by atoms with Gasteiger partial charge < -0.3 is 9.42 Å². The quantitative estimate of drug-likeness (QED) is 0.848. The van der Waals surface area contributed by atoms with Gasteiger partial charge in [-0.05, 0) is 25.0 Å². The van der Waals surface area contributed by atoms with Crippen molar-refractivity contribution in [3.05, 3.63) is 41.8 Å². The van der Waals surface area contributed by atoms with Gasteiger partial charge in [0.2, 0.25) is 5.89 Å². The first-order valence-corrected chi connectivity index (χ1v) is 7.27. The molecule has 1 fully saturated rings. The molecule has 3 rings (SSSR count). The highest BCUT2D eigenvalue weighted by atomic mass is 16.5. The fourth-order valence-corrected chi connectivity index (χ4v) is 2.73. The third-order valence-corrected chi connectivity index (χ3v) is 3.78. The predicted octanol–water partition coefficient (Wildman–Crippen LogP) is 2.53. The van der Waals surface area contributed by atoms with Gasteiger partial charge in [-0.1, -0.05) is 18.0 Å². The second-order valence-corrected chi connectivity index (χ2v) is 5.27. The van der Waals surface area contributed by atoms with E-state index in [-0.39, 0.29) is 11.9 Å². The predicted molar refractivity (Wildman–Crippen MR) is 75.5 cm³/mol. The molecular weight excluding hydrogens is 268 g/mol. The van der Waals surface area contributed by atoms with Crippen LogP contribution < -0.4 is 0 Å². The van der Waals surface area contributed by atoms with Crippen molar-refractivity contribution in [2.45, 2.75) is 38.6 Å². The maximum Gasteiger partial charge on any atom is 0.254 e. The molecule has 6 nitrogen and oxygen atoms in total. The van der Waals surface area contributed by atoms with Crippen LogP contribution in [0.5, 0.6) is 0 Å². The van der Waals surface area contributed by atoms with Gasteiger partial charge in [-0.15, -0.1) is 0 Å². The first kappa shape index (κ1) is 13.7. The summed E-state index contributed by atoms with van der Waals surface area (Å²) >= 11 is 0. The molecule has 2 aromatic rings. The van der Waals surface area contributed by atoms with Crippen molar-refractivity contribution >= 4 is 5.91 Å². The van der Waals surface area contributed by atoms with Crippen molar-refractivity contribution in [2.75, 3.05) is 6.54 Å². The maximum atomic E-state index is 12.8. The largest absolute Gasteiger partial charge is 0.340 e. The zero-order chi connectivity index (χ0) is 14.7. The van der Waals surface area contributed by atoms with E-state index in [1.807, 2.05) is 4.90 Å². The number of pyridine rings is 1. The molecule has 0 aromatic carbocycles. The number of carbonyl (C=O) groups excluding carboxylic acids is 1. The fourth-order valence-electron chi connectivity index (χ4n) is 2.73. The summed E-state index contributed by atoms with van der Waals surface area (Å²) in [6, 6.07) is 3.38. The minimum atomic E-state index is -0.106. The van der Waals surface area contributed by atoms with Gasteiger partial charge >= 0.3 is 0 Å². The van der Waals surface area contributed by atoms with E-state index in [1.54, 1.807) is 31.5 Å². The Morgan fingerprint density at radius 1 is 1.29 bits per heavy atom. The van der Waals surface area contributed by atoms with Crippen LogP contribution in [0.1, 0.15) is 53.8 Å². The number of nitrogens with zero attached hydrogens (tertiary/aromatic N) is 4. The van der Waals surface area contributed by atoms with Gasteiger partial charge in [0.1, 0.15) is 0 Å². The molecular formula is C15H18N4O2. The van der Waals surface area contributed by atoms with Crippen molar-refractivity contribution in [1.82, 2.24) is 20.0 Å². The van der Waals surface area contributed by atoms with E-state index >= 15 is 0 Å². The summed E-state index contributed by atoms with van der Waals surface area (Å²) in [4.78, 5) is 22.9. The second-order valence-electron chi connectivity index (χ2n) is 5.27. The van der Waals surface area contributed by atoms with Gasteiger partial charge in [0.15, 0.2) is 5.82 Å². The Bertz CT molecular complexity index is 611. The number of carbonyl (C=O) groups is 1. The van der Waals surface area contributed by atoms with Crippen LogP contribution in [0.2, 0.25) is 0 Å². The van der Waals surface area contributed by atoms with Crippen LogP contribution in [0.4, 0.5) is 0 Å². The van der Waals surface area contributed by atoms with E-state index in [0.29, 0.717) is 17.3 Å². The van der Waals surface area contributed by atoms with Gasteiger partial charge in [-0.25, -0.2) is 0 Å². The van der Waals surface area contributed by atoms with Crippen molar-refractivity contribution in [1.29, 1.82) is 0 Å². The summed E-state index contributed by atoms with van der Waals surface area (Å²) in [6.45, 7) is 2.49. The molecule has 1 saturated heterocycles. The molecule has 0 saturated carbocycles. The van der Waals surface area contributed by atoms with Crippen molar-refractivity contribution in [3.8, 4) is 0 Å². The lowest BCUT2D eigenvalue weighted by atomic mass is 10.1. The molecule has 21 heavy (non-hydrogen) atoms. The SMILES string of the molecule is Cc1nc([C@@H]2CCCCCN2C(=O)c2ccncc2)no1. The number of aromatic nitrogens is 3. The van der Waals surface area contributed by atoms with Crippen LogP contribution in [-0.4, -0.2) is 32.5 Å². The minimum Gasteiger partial charge on any atom is -0.340 e. The van der Waals surface area contributed by atoms with Gasteiger partial charge in [0, 0.05) is 31.4 Å². The van der Waals surface area contributed by atoms with Crippen molar-refractivity contribution < 1.29 is 9.32 Å². The van der Waals surface area contributed by atoms with E-state index in [0.717, 1.165) is 32.2 Å². The standard InChI is InChI=1S/C15H18N4O2/c1-11-17-14(18-21-11)13-5-3-2-4-10-19(13)15(20)12-6-8-16-9-7-12/h6-9,13H,2-5,10H2,1H3/t13-/m0/s1. The highest BCUT2D eigenvalue weighted by Crippen LogP contribution is 2.29. The Morgan fingerprint density at radius 2 is 2.10 bits per heavy atom. The molecule has 2 aromatic heterocycles. The molecule has 0 N–H and O–H groups in total. The maximum absolute atomic E-state index is 12.8. The van der Waals surface area contributed by atoms with Gasteiger partial charge in [0.25, 0.3) is 5.91 Å². The van der Waals surface area contributed by atoms with Gasteiger partial charge in [-0.2, -0.15) is 4.98 Å². The van der Waals surface area contributed by atoms with Crippen LogP contribution in [0, 0.1) is 6.92 Å². The molecule has 110 valence electrons. The van der Waals surface area contributed by atoms with E-state index in [2.05, 4.69) is 15.1 Å². The lowest BCUT2D eigenvalue weighted by Crippen LogP contribution is -2.35. The number of hydrogen-bond donors (Lipinski definition) is 0. The second kappa shape index (κ2) is 6.03. The van der Waals surface area contributed by atoms with Crippen LogP contribution in [0.25, 0.3) is 0 Å². The third-order valence-electron chi connectivity index (χ3n) is 3.78. The van der Waals surface area contributed by atoms with E-state index in [9.17, 15) is 4.79 Å². The molecule has 0 radical (unpaired) electrons. The molecule has 1 aliphatic heterocycles. The molecule has 1 amide bonds. The molecule has 1 atom stereocenters. The summed E-state index contributed by atoms with van der Waals surface area (Å²) in [5.74, 6) is 1.15. The number of aryl methyl sites for hydroxylation is 1. The summed E-state index contributed by atoms with van der Waals surface area (Å²) in [7, 11) is 0. The van der Waals surface area contributed by atoms with Crippen LogP contribution in [0.3, 0.4) is 0 Å². The zero-order valence-corrected chi connectivity index (χ0v) is 12.0. The van der Waals surface area contributed by atoms with E-state index in [1.165, 1.54) is 0 Å². The smallest absolute Gasteiger partial charge is 0.254 e. The summed E-state index contributed by atoms with van der Waals surface area (Å²) in [6.07, 6.45) is 7.34. The highest BCUT2D eigenvalue weighted by Gasteiger charge is 2.30. The Hall–Kier alpha value is -2.24. The third kappa shape index (κ3) is 2.94. The van der Waals surface area contributed by atoms with Crippen LogP contribution in [0.15, 0.2) is 29.0 Å². The lowest BCUT2D eigenvalue weighted by Gasteiger charge is -2.27. The lowest BCUT2D eigenvalue weighted by molar-refractivity contribution is 0.0670. The average Bonchev–Trinajstić information content (AvgIpc) is 2.80. The monoisotopic (exact) mass is 286 g/mol. The summed E-state index contributed by atoms with van der Waals surface area (Å²) in [5, 5.41) is 4.02. The van der Waals surface area contributed by atoms with E-state index in [4.69, 9.17) is 4.52 Å². The van der Waals surface area contributed by atoms with Gasteiger partial charge in [-0.3, -0.25) is 9.78 Å². The van der Waals surface area contributed by atoms with E-state index < -0.39 is 0 Å². The molecule has 0 spiro atoms. The Labute approximate surface area is 123 Å². The molecule has 0 aliphatic carbocycles. The topological polar surface area (TPSA) is 72.1 Å². The molecule has 0 bridgehead atoms. The zero-order valence-electron chi connectivity index (χ0n) is 12.0. The van der Waals surface area contributed by atoms with Crippen molar-refractivity contribution in [3.63, 3.8) is 0 Å². The minimum absolute atomic E-state index is 0.00625. The van der Waals surface area contributed by atoms with Crippen LogP contribution in [-0.2, 0) is 0 Å². The molecule has 0 unspecified atom stereocenters. The Kier molecular flexibility index (Phi) is 3.94. The number of rotatable bonds is 2.